The lowest BCUT2D eigenvalue weighted by Crippen LogP contribution is -2.47. The Morgan fingerprint density at radius 2 is 1.64 bits per heavy atom. The van der Waals surface area contributed by atoms with Crippen molar-refractivity contribution in [2.24, 2.45) is 5.73 Å². The maximum absolute atomic E-state index is 12.8. The number of hydrogen-bond acceptors (Lipinski definition) is 5. The number of nitrogens with zero attached hydrogens (tertiary/aromatic N) is 1. The SMILES string of the molecule is Cc1nc(-c2ccccc2)c(C(=O)N[C@@H](Cc2ccccc2)C(=O)C(N)=O)o1. The van der Waals surface area contributed by atoms with Gasteiger partial charge in [-0.3, -0.25) is 14.4 Å². The summed E-state index contributed by atoms with van der Waals surface area (Å²) in [5.41, 5.74) is 6.99. The van der Waals surface area contributed by atoms with Crippen LogP contribution in [0.3, 0.4) is 0 Å². The van der Waals surface area contributed by atoms with Crippen molar-refractivity contribution in [3.05, 3.63) is 77.9 Å². The molecule has 0 unspecified atom stereocenters. The van der Waals surface area contributed by atoms with E-state index in [9.17, 15) is 14.4 Å². The highest BCUT2D eigenvalue weighted by Gasteiger charge is 2.29. The van der Waals surface area contributed by atoms with Gasteiger partial charge in [0.1, 0.15) is 11.7 Å². The number of primary amides is 1. The lowest BCUT2D eigenvalue weighted by atomic mass is 10.0. The number of amides is 2. The molecule has 3 N–H and O–H groups in total. The van der Waals surface area contributed by atoms with Crippen molar-refractivity contribution >= 4 is 17.6 Å². The molecule has 0 bridgehead atoms. The molecule has 1 heterocycles. The van der Waals surface area contributed by atoms with Gasteiger partial charge in [0, 0.05) is 18.9 Å². The summed E-state index contributed by atoms with van der Waals surface area (Å²) in [6.07, 6.45) is 0.127. The second-order valence-corrected chi connectivity index (χ2v) is 6.22. The van der Waals surface area contributed by atoms with Crippen LogP contribution < -0.4 is 11.1 Å². The molecule has 3 rings (SSSR count). The number of oxazole rings is 1. The standard InChI is InChI=1S/C21H19N3O4/c1-13-23-17(15-10-6-3-7-11-15)19(28-13)21(27)24-16(18(25)20(22)26)12-14-8-4-2-5-9-14/h2-11,16H,12H2,1H3,(H2,22,26)(H,24,27)/t16-/m0/s1. The summed E-state index contributed by atoms with van der Waals surface area (Å²) in [4.78, 5) is 40.8. The van der Waals surface area contributed by atoms with E-state index in [-0.39, 0.29) is 12.2 Å². The van der Waals surface area contributed by atoms with Crippen LogP contribution in [0.5, 0.6) is 0 Å². The first-order valence-electron chi connectivity index (χ1n) is 8.67. The monoisotopic (exact) mass is 377 g/mol. The fourth-order valence-corrected chi connectivity index (χ4v) is 2.83. The topological polar surface area (TPSA) is 115 Å². The van der Waals surface area contributed by atoms with E-state index in [1.54, 1.807) is 43.3 Å². The summed E-state index contributed by atoms with van der Waals surface area (Å²) in [6, 6.07) is 17.0. The number of hydrogen-bond donors (Lipinski definition) is 2. The maximum atomic E-state index is 12.8. The molecular weight excluding hydrogens is 358 g/mol. The zero-order chi connectivity index (χ0) is 20.1. The first-order chi connectivity index (χ1) is 13.5. The molecule has 142 valence electrons. The molecule has 0 aliphatic rings. The second kappa shape index (κ2) is 8.30. The Kier molecular flexibility index (Phi) is 5.64. The first kappa shape index (κ1) is 19.0. The quantitative estimate of drug-likeness (QED) is 0.612. The molecule has 0 saturated heterocycles. The molecule has 0 aliphatic carbocycles. The number of nitrogens with one attached hydrogen (secondary N) is 1. The number of aromatic nitrogens is 1. The summed E-state index contributed by atoms with van der Waals surface area (Å²) in [5.74, 6) is -2.35. The summed E-state index contributed by atoms with van der Waals surface area (Å²) in [5, 5.41) is 2.56. The molecule has 0 radical (unpaired) electrons. The van der Waals surface area contributed by atoms with Crippen molar-refractivity contribution in [1.29, 1.82) is 0 Å². The molecule has 0 aliphatic heterocycles. The van der Waals surface area contributed by atoms with Gasteiger partial charge in [-0.05, 0) is 5.56 Å². The average Bonchev–Trinajstić information content (AvgIpc) is 3.10. The Labute approximate surface area is 161 Å². The Hall–Kier alpha value is -3.74. The van der Waals surface area contributed by atoms with E-state index in [1.165, 1.54) is 0 Å². The van der Waals surface area contributed by atoms with Crippen LogP contribution in [0.15, 0.2) is 65.1 Å². The summed E-state index contributed by atoms with van der Waals surface area (Å²) in [7, 11) is 0. The molecular formula is C21H19N3O4. The predicted molar refractivity (Wildman–Crippen MR) is 102 cm³/mol. The molecule has 2 aromatic carbocycles. The zero-order valence-corrected chi connectivity index (χ0v) is 15.2. The summed E-state index contributed by atoms with van der Waals surface area (Å²) >= 11 is 0. The number of Topliss-reactive ketones (excluding diaryl/α,β-unsaturated/α-hetero) is 1. The number of benzene rings is 2. The highest BCUT2D eigenvalue weighted by atomic mass is 16.4. The van der Waals surface area contributed by atoms with Gasteiger partial charge in [0.05, 0.1) is 0 Å². The number of aryl methyl sites for hydroxylation is 1. The minimum atomic E-state index is -1.11. The molecule has 2 amide bonds. The van der Waals surface area contributed by atoms with Crippen LogP contribution in [0.25, 0.3) is 11.3 Å². The normalized spacial score (nSPS) is 11.6. The van der Waals surface area contributed by atoms with Crippen LogP contribution in [0, 0.1) is 6.92 Å². The van der Waals surface area contributed by atoms with E-state index in [0.717, 1.165) is 5.56 Å². The Morgan fingerprint density at radius 3 is 2.25 bits per heavy atom. The van der Waals surface area contributed by atoms with E-state index >= 15 is 0 Å². The van der Waals surface area contributed by atoms with Crippen LogP contribution in [0.1, 0.15) is 22.0 Å². The van der Waals surface area contributed by atoms with Gasteiger partial charge in [0.25, 0.3) is 11.8 Å². The molecule has 0 fully saturated rings. The molecule has 0 spiro atoms. The van der Waals surface area contributed by atoms with Crippen molar-refractivity contribution in [3.8, 4) is 11.3 Å². The Bertz CT molecular complexity index is 997. The van der Waals surface area contributed by atoms with Crippen LogP contribution in [0.4, 0.5) is 0 Å². The third-order valence-electron chi connectivity index (χ3n) is 4.13. The molecule has 1 atom stereocenters. The molecule has 7 heteroatoms. The van der Waals surface area contributed by atoms with Crippen molar-refractivity contribution in [3.63, 3.8) is 0 Å². The van der Waals surface area contributed by atoms with E-state index in [2.05, 4.69) is 10.3 Å². The summed E-state index contributed by atoms with van der Waals surface area (Å²) < 4.78 is 5.47. The van der Waals surface area contributed by atoms with Gasteiger partial charge in [-0.15, -0.1) is 0 Å². The smallest absolute Gasteiger partial charge is 0.290 e. The fraction of sp³-hybridized carbons (Fsp3) is 0.143. The predicted octanol–water partition coefficient (Wildman–Crippen LogP) is 2.05. The Morgan fingerprint density at radius 1 is 1.04 bits per heavy atom. The van der Waals surface area contributed by atoms with Crippen LogP contribution >= 0.6 is 0 Å². The molecule has 0 saturated carbocycles. The van der Waals surface area contributed by atoms with Crippen molar-refractivity contribution in [2.45, 2.75) is 19.4 Å². The number of nitrogens with two attached hydrogens (primary N) is 1. The van der Waals surface area contributed by atoms with Crippen molar-refractivity contribution in [1.82, 2.24) is 10.3 Å². The van der Waals surface area contributed by atoms with Crippen LogP contribution in [0.2, 0.25) is 0 Å². The number of carbonyl (C=O) groups excluding carboxylic acids is 3. The van der Waals surface area contributed by atoms with Gasteiger partial charge >= 0.3 is 0 Å². The lowest BCUT2D eigenvalue weighted by Gasteiger charge is -2.16. The van der Waals surface area contributed by atoms with Gasteiger partial charge in [0.15, 0.2) is 5.89 Å². The third kappa shape index (κ3) is 4.32. The van der Waals surface area contributed by atoms with E-state index in [4.69, 9.17) is 10.2 Å². The van der Waals surface area contributed by atoms with E-state index < -0.39 is 23.6 Å². The largest absolute Gasteiger partial charge is 0.435 e. The van der Waals surface area contributed by atoms with E-state index in [1.807, 2.05) is 24.3 Å². The van der Waals surface area contributed by atoms with Gasteiger partial charge in [0.2, 0.25) is 11.5 Å². The number of carbonyl (C=O) groups is 3. The van der Waals surface area contributed by atoms with Crippen LogP contribution in [-0.4, -0.2) is 28.6 Å². The van der Waals surface area contributed by atoms with Crippen molar-refractivity contribution < 1.29 is 18.8 Å². The highest BCUT2D eigenvalue weighted by Crippen LogP contribution is 2.23. The minimum absolute atomic E-state index is 0.0287. The summed E-state index contributed by atoms with van der Waals surface area (Å²) in [6.45, 7) is 1.62. The first-order valence-corrected chi connectivity index (χ1v) is 8.67. The average molecular weight is 377 g/mol. The minimum Gasteiger partial charge on any atom is -0.435 e. The molecule has 28 heavy (non-hydrogen) atoms. The van der Waals surface area contributed by atoms with Gasteiger partial charge in [-0.25, -0.2) is 4.98 Å². The zero-order valence-electron chi connectivity index (χ0n) is 15.2. The lowest BCUT2D eigenvalue weighted by molar-refractivity contribution is -0.137. The fourth-order valence-electron chi connectivity index (χ4n) is 2.83. The second-order valence-electron chi connectivity index (χ2n) is 6.22. The molecule has 1 aromatic heterocycles. The third-order valence-corrected chi connectivity index (χ3v) is 4.13. The Balaban J connectivity index is 1.88. The van der Waals surface area contributed by atoms with E-state index in [0.29, 0.717) is 17.1 Å². The number of ketones is 1. The molecule has 3 aromatic rings. The molecule has 7 nitrogen and oxygen atoms in total. The van der Waals surface area contributed by atoms with Crippen LogP contribution in [-0.2, 0) is 16.0 Å². The van der Waals surface area contributed by atoms with Gasteiger partial charge in [-0.2, -0.15) is 0 Å². The van der Waals surface area contributed by atoms with Crippen molar-refractivity contribution in [2.75, 3.05) is 0 Å². The maximum Gasteiger partial charge on any atom is 0.290 e. The highest BCUT2D eigenvalue weighted by molar-refractivity contribution is 6.38. The number of rotatable bonds is 7. The van der Waals surface area contributed by atoms with Gasteiger partial charge in [-0.1, -0.05) is 60.7 Å². The van der Waals surface area contributed by atoms with Gasteiger partial charge < -0.3 is 15.5 Å².